The number of benzene rings is 2. The molecule has 1 amide bonds. The number of hydrogen-bond acceptors (Lipinski definition) is 3. The summed E-state index contributed by atoms with van der Waals surface area (Å²) in [6, 6.07) is 7.57. The zero-order chi connectivity index (χ0) is 14.0. The maximum absolute atomic E-state index is 13.6. The molecule has 0 aliphatic heterocycles. The van der Waals surface area contributed by atoms with E-state index in [2.05, 4.69) is 5.32 Å². The SMILES string of the molecule is O=C(Nc1cccc(Cl)c1F)c1cc(O)cc(O)c1. The predicted octanol–water partition coefficient (Wildman–Crippen LogP) is 3.14. The van der Waals surface area contributed by atoms with Crippen LogP contribution >= 0.6 is 11.6 Å². The predicted molar refractivity (Wildman–Crippen MR) is 69.1 cm³/mol. The van der Waals surface area contributed by atoms with Gasteiger partial charge in [-0.2, -0.15) is 0 Å². The van der Waals surface area contributed by atoms with Crippen molar-refractivity contribution in [1.29, 1.82) is 0 Å². The van der Waals surface area contributed by atoms with Crippen LogP contribution in [0.4, 0.5) is 10.1 Å². The molecule has 0 heterocycles. The van der Waals surface area contributed by atoms with Gasteiger partial charge in [0.1, 0.15) is 11.5 Å². The summed E-state index contributed by atoms with van der Waals surface area (Å²) in [5, 5.41) is 20.7. The first-order valence-electron chi connectivity index (χ1n) is 5.26. The molecule has 0 aliphatic carbocycles. The Hall–Kier alpha value is -2.27. The number of carbonyl (C=O) groups excluding carboxylic acids is 1. The minimum atomic E-state index is -0.748. The molecule has 2 aromatic rings. The van der Waals surface area contributed by atoms with Crippen LogP contribution in [-0.2, 0) is 0 Å². The van der Waals surface area contributed by atoms with Gasteiger partial charge in [-0.3, -0.25) is 4.79 Å². The van der Waals surface area contributed by atoms with E-state index >= 15 is 0 Å². The lowest BCUT2D eigenvalue weighted by Gasteiger charge is -2.08. The number of halogens is 2. The number of phenols is 2. The Morgan fingerprint density at radius 3 is 2.42 bits per heavy atom. The zero-order valence-electron chi connectivity index (χ0n) is 9.52. The van der Waals surface area contributed by atoms with E-state index in [1.165, 1.54) is 18.2 Å². The van der Waals surface area contributed by atoms with Crippen molar-refractivity contribution in [3.8, 4) is 11.5 Å². The standard InChI is InChI=1S/C13H9ClFNO3/c14-10-2-1-3-11(12(10)15)16-13(19)7-4-8(17)6-9(18)5-7/h1-6,17-18H,(H,16,19). The second-order valence-electron chi connectivity index (χ2n) is 3.79. The highest BCUT2D eigenvalue weighted by Gasteiger charge is 2.12. The molecule has 0 saturated carbocycles. The molecule has 0 saturated heterocycles. The molecule has 19 heavy (non-hydrogen) atoms. The van der Waals surface area contributed by atoms with E-state index in [1.807, 2.05) is 0 Å². The summed E-state index contributed by atoms with van der Waals surface area (Å²) in [7, 11) is 0. The van der Waals surface area contributed by atoms with Crippen molar-refractivity contribution in [3.05, 3.63) is 52.8 Å². The molecule has 0 fully saturated rings. The molecule has 0 bridgehead atoms. The minimum absolute atomic E-state index is 0.00289. The van der Waals surface area contributed by atoms with Crippen molar-refractivity contribution < 1.29 is 19.4 Å². The summed E-state index contributed by atoms with van der Waals surface area (Å²) in [5.41, 5.74) is -0.0859. The van der Waals surface area contributed by atoms with E-state index in [9.17, 15) is 19.4 Å². The quantitative estimate of drug-likeness (QED) is 0.792. The van der Waals surface area contributed by atoms with Gasteiger partial charge in [0, 0.05) is 11.6 Å². The fraction of sp³-hybridized carbons (Fsp3) is 0. The number of phenolic OH excluding ortho intramolecular Hbond substituents is 2. The number of hydrogen-bond donors (Lipinski definition) is 3. The molecule has 0 aromatic heterocycles. The van der Waals surface area contributed by atoms with Crippen LogP contribution in [0.5, 0.6) is 11.5 Å². The second-order valence-corrected chi connectivity index (χ2v) is 4.20. The third kappa shape index (κ3) is 2.95. The molecule has 0 spiro atoms. The van der Waals surface area contributed by atoms with Gasteiger partial charge >= 0.3 is 0 Å². The zero-order valence-corrected chi connectivity index (χ0v) is 10.3. The lowest BCUT2D eigenvalue weighted by molar-refractivity contribution is 0.102. The Bertz CT molecular complexity index is 626. The summed E-state index contributed by atoms with van der Waals surface area (Å²) in [4.78, 5) is 11.8. The van der Waals surface area contributed by atoms with Gasteiger partial charge in [0.25, 0.3) is 5.91 Å². The molecular weight excluding hydrogens is 273 g/mol. The maximum Gasteiger partial charge on any atom is 0.256 e. The summed E-state index contributed by atoms with van der Waals surface area (Å²) < 4.78 is 13.6. The van der Waals surface area contributed by atoms with E-state index < -0.39 is 11.7 Å². The Balaban J connectivity index is 2.28. The molecular formula is C13H9ClFNO3. The molecule has 2 rings (SSSR count). The third-order valence-electron chi connectivity index (χ3n) is 2.36. The van der Waals surface area contributed by atoms with Crippen LogP contribution in [0.2, 0.25) is 5.02 Å². The number of aromatic hydroxyl groups is 2. The lowest BCUT2D eigenvalue weighted by atomic mass is 10.2. The molecule has 6 heteroatoms. The lowest BCUT2D eigenvalue weighted by Crippen LogP contribution is -2.13. The van der Waals surface area contributed by atoms with Gasteiger partial charge in [0.2, 0.25) is 0 Å². The van der Waals surface area contributed by atoms with Crippen molar-refractivity contribution in [1.82, 2.24) is 0 Å². The normalized spacial score (nSPS) is 10.2. The van der Waals surface area contributed by atoms with Crippen LogP contribution in [-0.4, -0.2) is 16.1 Å². The summed E-state index contributed by atoms with van der Waals surface area (Å²) in [6.07, 6.45) is 0. The van der Waals surface area contributed by atoms with Gasteiger partial charge in [0.05, 0.1) is 10.7 Å². The maximum atomic E-state index is 13.6. The van der Waals surface area contributed by atoms with Crippen LogP contribution < -0.4 is 5.32 Å². The Labute approximate surface area is 113 Å². The summed E-state index contributed by atoms with van der Waals surface area (Å²) in [5.74, 6) is -1.96. The van der Waals surface area contributed by atoms with Gasteiger partial charge < -0.3 is 15.5 Å². The number of nitrogens with one attached hydrogen (secondary N) is 1. The third-order valence-corrected chi connectivity index (χ3v) is 2.66. The minimum Gasteiger partial charge on any atom is -0.508 e. The number of rotatable bonds is 2. The fourth-order valence-corrected chi connectivity index (χ4v) is 1.70. The van der Waals surface area contributed by atoms with E-state index in [1.54, 1.807) is 0 Å². The van der Waals surface area contributed by atoms with E-state index in [-0.39, 0.29) is 27.8 Å². The van der Waals surface area contributed by atoms with Gasteiger partial charge in [-0.15, -0.1) is 0 Å². The number of anilines is 1. The molecule has 3 N–H and O–H groups in total. The van der Waals surface area contributed by atoms with Crippen molar-refractivity contribution in [2.24, 2.45) is 0 Å². The second kappa shape index (κ2) is 5.16. The van der Waals surface area contributed by atoms with Gasteiger partial charge in [-0.1, -0.05) is 17.7 Å². The van der Waals surface area contributed by atoms with Crippen molar-refractivity contribution >= 4 is 23.2 Å². The Morgan fingerprint density at radius 1 is 1.16 bits per heavy atom. The monoisotopic (exact) mass is 281 g/mol. The van der Waals surface area contributed by atoms with Crippen LogP contribution in [0.25, 0.3) is 0 Å². The number of amides is 1. The first-order chi connectivity index (χ1) is 8.97. The molecule has 0 unspecified atom stereocenters. The molecule has 98 valence electrons. The summed E-state index contributed by atoms with van der Waals surface area (Å²) >= 11 is 5.59. The van der Waals surface area contributed by atoms with Crippen LogP contribution in [0.1, 0.15) is 10.4 Å². The Morgan fingerprint density at radius 2 is 1.79 bits per heavy atom. The molecule has 2 aromatic carbocycles. The fourth-order valence-electron chi connectivity index (χ4n) is 1.52. The smallest absolute Gasteiger partial charge is 0.256 e. The van der Waals surface area contributed by atoms with Crippen molar-refractivity contribution in [3.63, 3.8) is 0 Å². The topological polar surface area (TPSA) is 69.6 Å². The van der Waals surface area contributed by atoms with Crippen LogP contribution in [0, 0.1) is 5.82 Å². The van der Waals surface area contributed by atoms with Crippen molar-refractivity contribution in [2.45, 2.75) is 0 Å². The van der Waals surface area contributed by atoms with Gasteiger partial charge in [0.15, 0.2) is 5.82 Å². The van der Waals surface area contributed by atoms with Crippen LogP contribution in [0.3, 0.4) is 0 Å². The molecule has 4 nitrogen and oxygen atoms in total. The number of carbonyl (C=O) groups is 1. The van der Waals surface area contributed by atoms with Crippen LogP contribution in [0.15, 0.2) is 36.4 Å². The van der Waals surface area contributed by atoms with E-state index in [0.717, 1.165) is 18.2 Å². The molecule has 0 atom stereocenters. The first-order valence-corrected chi connectivity index (χ1v) is 5.63. The molecule has 0 radical (unpaired) electrons. The van der Waals surface area contributed by atoms with E-state index in [0.29, 0.717) is 0 Å². The van der Waals surface area contributed by atoms with E-state index in [4.69, 9.17) is 11.6 Å². The van der Waals surface area contributed by atoms with Crippen molar-refractivity contribution in [2.75, 3.05) is 5.32 Å². The largest absolute Gasteiger partial charge is 0.508 e. The highest BCUT2D eigenvalue weighted by Crippen LogP contribution is 2.24. The van der Waals surface area contributed by atoms with Gasteiger partial charge in [-0.05, 0) is 24.3 Å². The van der Waals surface area contributed by atoms with Gasteiger partial charge in [-0.25, -0.2) is 4.39 Å². The summed E-state index contributed by atoms with van der Waals surface area (Å²) in [6.45, 7) is 0. The molecule has 0 aliphatic rings. The highest BCUT2D eigenvalue weighted by atomic mass is 35.5. The first kappa shape index (κ1) is 13.2. The highest BCUT2D eigenvalue weighted by molar-refractivity contribution is 6.31. The average molecular weight is 282 g/mol. The average Bonchev–Trinajstić information content (AvgIpc) is 2.33. The Kier molecular flexibility index (Phi) is 3.57.